The van der Waals surface area contributed by atoms with Crippen LogP contribution in [0.15, 0.2) is 18.3 Å². The van der Waals surface area contributed by atoms with Crippen LogP contribution in [-0.2, 0) is 11.2 Å². The van der Waals surface area contributed by atoms with Crippen LogP contribution in [0.1, 0.15) is 12.5 Å². The van der Waals surface area contributed by atoms with Gasteiger partial charge < -0.3 is 10.1 Å². The van der Waals surface area contributed by atoms with Crippen LogP contribution in [0.4, 0.5) is 0 Å². The molecule has 1 aromatic rings. The van der Waals surface area contributed by atoms with Gasteiger partial charge >= 0.3 is 5.97 Å². The average molecular weight is 203 g/mol. The highest BCUT2D eigenvalue weighted by molar-refractivity contribution is 5.70. The highest BCUT2D eigenvalue weighted by Crippen LogP contribution is 2.01. The number of fused-ring (bicyclic) bond motifs is 1. The van der Waals surface area contributed by atoms with E-state index in [-0.39, 0.29) is 6.42 Å². The van der Waals surface area contributed by atoms with Gasteiger partial charge in [0.15, 0.2) is 0 Å². The van der Waals surface area contributed by atoms with Crippen molar-refractivity contribution in [3.05, 3.63) is 34.5 Å². The second-order valence-electron chi connectivity index (χ2n) is 3.79. The third-order valence-corrected chi connectivity index (χ3v) is 2.49. The Kier molecular flexibility index (Phi) is 2.46. The Labute approximate surface area is 87.4 Å². The first-order valence-electron chi connectivity index (χ1n) is 4.95. The molecule has 3 nitrogen and oxygen atoms in total. The number of H-pyrrole nitrogens is 1. The molecule has 0 aliphatic heterocycles. The lowest BCUT2D eigenvalue weighted by Gasteiger charge is -1.95. The first-order chi connectivity index (χ1) is 7.16. The highest BCUT2D eigenvalue weighted by atomic mass is 16.4. The van der Waals surface area contributed by atoms with Crippen molar-refractivity contribution in [3.63, 3.8) is 0 Å². The zero-order valence-corrected chi connectivity index (χ0v) is 8.53. The van der Waals surface area contributed by atoms with Crippen LogP contribution in [0.2, 0.25) is 0 Å². The van der Waals surface area contributed by atoms with E-state index in [0.717, 1.165) is 16.1 Å². The van der Waals surface area contributed by atoms with Gasteiger partial charge in [0.05, 0.1) is 6.42 Å². The molecule has 15 heavy (non-hydrogen) atoms. The molecule has 3 heteroatoms. The van der Waals surface area contributed by atoms with Crippen molar-refractivity contribution >= 4 is 18.1 Å². The van der Waals surface area contributed by atoms with Gasteiger partial charge in [0.25, 0.3) is 0 Å². The van der Waals surface area contributed by atoms with Crippen LogP contribution in [-0.4, -0.2) is 16.1 Å². The standard InChI is InChI=1S/C12H13NO2/c1-8-3-2-4-11-10(5-8)9(7-13-11)6-12(14)15/h2-5,7-8,13H,6H2,1H3,(H,14,15). The molecule has 0 aromatic carbocycles. The normalized spacial score (nSPS) is 18.6. The molecule has 0 fully saturated rings. The summed E-state index contributed by atoms with van der Waals surface area (Å²) >= 11 is 0. The van der Waals surface area contributed by atoms with Gasteiger partial charge in [-0.25, -0.2) is 0 Å². The number of aromatic nitrogens is 1. The van der Waals surface area contributed by atoms with Crippen molar-refractivity contribution in [1.29, 1.82) is 0 Å². The smallest absolute Gasteiger partial charge is 0.307 e. The van der Waals surface area contributed by atoms with E-state index in [0.29, 0.717) is 5.92 Å². The quantitative estimate of drug-likeness (QED) is 0.731. The largest absolute Gasteiger partial charge is 0.481 e. The maximum Gasteiger partial charge on any atom is 0.307 e. The summed E-state index contributed by atoms with van der Waals surface area (Å²) in [7, 11) is 0. The second kappa shape index (κ2) is 3.77. The Morgan fingerprint density at radius 1 is 1.60 bits per heavy atom. The maximum atomic E-state index is 10.7. The maximum absolute atomic E-state index is 10.7. The molecule has 1 atom stereocenters. The van der Waals surface area contributed by atoms with Gasteiger partial charge in [-0.2, -0.15) is 0 Å². The van der Waals surface area contributed by atoms with Gasteiger partial charge in [-0.15, -0.1) is 0 Å². The van der Waals surface area contributed by atoms with Crippen LogP contribution < -0.4 is 10.6 Å². The lowest BCUT2D eigenvalue weighted by atomic mass is 10.1. The molecule has 1 aliphatic carbocycles. The van der Waals surface area contributed by atoms with E-state index in [1.54, 1.807) is 6.20 Å². The van der Waals surface area contributed by atoms with Crippen molar-refractivity contribution in [3.8, 4) is 0 Å². The van der Waals surface area contributed by atoms with E-state index in [1.165, 1.54) is 0 Å². The highest BCUT2D eigenvalue weighted by Gasteiger charge is 2.06. The molecule has 0 saturated carbocycles. The van der Waals surface area contributed by atoms with Crippen molar-refractivity contribution in [1.82, 2.24) is 4.98 Å². The molecule has 1 aliphatic rings. The lowest BCUT2D eigenvalue weighted by molar-refractivity contribution is -0.136. The summed E-state index contributed by atoms with van der Waals surface area (Å²) in [6.07, 6.45) is 9.98. The Morgan fingerprint density at radius 3 is 3.13 bits per heavy atom. The second-order valence-corrected chi connectivity index (χ2v) is 3.79. The number of carboxylic acid groups (broad SMARTS) is 1. The van der Waals surface area contributed by atoms with Crippen LogP contribution >= 0.6 is 0 Å². The fraction of sp³-hybridized carbons (Fsp3) is 0.250. The minimum Gasteiger partial charge on any atom is -0.481 e. The number of hydrogen-bond acceptors (Lipinski definition) is 1. The monoisotopic (exact) mass is 203 g/mol. The summed E-state index contributed by atoms with van der Waals surface area (Å²) in [5.41, 5.74) is 0.851. The number of aliphatic carboxylic acids is 1. The number of nitrogens with one attached hydrogen (secondary N) is 1. The first-order valence-corrected chi connectivity index (χ1v) is 4.95. The molecule has 0 amide bonds. The summed E-state index contributed by atoms with van der Waals surface area (Å²) in [4.78, 5) is 13.8. The summed E-state index contributed by atoms with van der Waals surface area (Å²) in [6, 6.07) is 0. The lowest BCUT2D eigenvalue weighted by Crippen LogP contribution is -2.26. The fourth-order valence-corrected chi connectivity index (χ4v) is 1.78. The Balaban J connectivity index is 2.56. The zero-order valence-electron chi connectivity index (χ0n) is 8.53. The van der Waals surface area contributed by atoms with Crippen LogP contribution in [0.3, 0.4) is 0 Å². The molecule has 0 radical (unpaired) electrons. The van der Waals surface area contributed by atoms with E-state index >= 15 is 0 Å². The Hall–Kier alpha value is -1.77. The average Bonchev–Trinajstić information content (AvgIpc) is 2.43. The van der Waals surface area contributed by atoms with Crippen LogP contribution in [0.25, 0.3) is 12.2 Å². The van der Waals surface area contributed by atoms with Gasteiger partial charge in [0, 0.05) is 11.5 Å². The van der Waals surface area contributed by atoms with Crippen LogP contribution in [0, 0.1) is 5.92 Å². The molecule has 2 N–H and O–H groups in total. The summed E-state index contributed by atoms with van der Waals surface area (Å²) in [6.45, 7) is 2.08. The number of allylic oxidation sites excluding steroid dienone is 2. The van der Waals surface area contributed by atoms with Crippen LogP contribution in [0.5, 0.6) is 0 Å². The summed E-state index contributed by atoms with van der Waals surface area (Å²) in [5.74, 6) is -0.457. The predicted octanol–water partition coefficient (Wildman–Crippen LogP) is 0.409. The molecule has 1 heterocycles. The number of hydrogen-bond donors (Lipinski definition) is 2. The molecule has 0 saturated heterocycles. The van der Waals surface area contributed by atoms with Gasteiger partial charge in [-0.05, 0) is 22.8 Å². The Bertz CT molecular complexity index is 522. The predicted molar refractivity (Wildman–Crippen MR) is 58.6 cm³/mol. The minimum atomic E-state index is -0.796. The van der Waals surface area contributed by atoms with Crippen molar-refractivity contribution < 1.29 is 9.90 Å². The molecule has 2 rings (SSSR count). The number of carbonyl (C=O) groups is 1. The van der Waals surface area contributed by atoms with Crippen molar-refractivity contribution in [2.24, 2.45) is 5.92 Å². The first kappa shape index (κ1) is 9.77. The van der Waals surface area contributed by atoms with E-state index < -0.39 is 5.97 Å². The summed E-state index contributed by atoms with van der Waals surface area (Å²) in [5, 5.41) is 10.8. The van der Waals surface area contributed by atoms with E-state index in [2.05, 4.69) is 24.1 Å². The van der Waals surface area contributed by atoms with Crippen molar-refractivity contribution in [2.75, 3.05) is 0 Å². The van der Waals surface area contributed by atoms with Crippen molar-refractivity contribution in [2.45, 2.75) is 13.3 Å². The van der Waals surface area contributed by atoms with E-state index in [9.17, 15) is 4.79 Å². The molecular weight excluding hydrogens is 190 g/mol. The molecular formula is C12H13NO2. The third-order valence-electron chi connectivity index (χ3n) is 2.49. The van der Waals surface area contributed by atoms with Gasteiger partial charge in [-0.1, -0.05) is 25.2 Å². The molecule has 1 unspecified atom stereocenters. The molecule has 78 valence electrons. The van der Waals surface area contributed by atoms with E-state index in [4.69, 9.17) is 5.11 Å². The summed E-state index contributed by atoms with van der Waals surface area (Å²) < 4.78 is 0. The number of carboxylic acids is 1. The number of rotatable bonds is 2. The third kappa shape index (κ3) is 2.01. The molecule has 0 bridgehead atoms. The molecule has 0 spiro atoms. The minimum absolute atomic E-state index is 0.0723. The Morgan fingerprint density at radius 2 is 2.40 bits per heavy atom. The van der Waals surface area contributed by atoms with Gasteiger partial charge in [-0.3, -0.25) is 4.79 Å². The van der Waals surface area contributed by atoms with E-state index in [1.807, 2.05) is 12.2 Å². The fourth-order valence-electron chi connectivity index (χ4n) is 1.78. The number of aromatic amines is 1. The topological polar surface area (TPSA) is 53.1 Å². The zero-order chi connectivity index (χ0) is 10.8. The SMILES string of the molecule is CC1C=CC=c2[nH]cc(CC(=O)O)c2=C1. The molecule has 1 aromatic heterocycles. The van der Waals surface area contributed by atoms with Gasteiger partial charge in [0.2, 0.25) is 0 Å². The van der Waals surface area contributed by atoms with Gasteiger partial charge in [0.1, 0.15) is 0 Å².